The lowest BCUT2D eigenvalue weighted by atomic mass is 9.94. The number of likely N-dealkylation sites (N-methyl/N-ethyl adjacent to an activating group) is 1. The molecule has 0 spiro atoms. The van der Waals surface area contributed by atoms with Gasteiger partial charge in [0.25, 0.3) is 5.91 Å². The topological polar surface area (TPSA) is 69.3 Å². The van der Waals surface area contributed by atoms with Crippen LogP contribution in [0.3, 0.4) is 0 Å². The van der Waals surface area contributed by atoms with Crippen molar-refractivity contribution in [1.29, 1.82) is 0 Å². The van der Waals surface area contributed by atoms with E-state index < -0.39 is 6.04 Å². The summed E-state index contributed by atoms with van der Waals surface area (Å²) < 4.78 is 0. The molecule has 160 valence electrons. The molecule has 2 aliphatic rings. The minimum Gasteiger partial charge on any atom is -0.342 e. The molecule has 1 fully saturated rings. The van der Waals surface area contributed by atoms with Crippen LogP contribution < -0.4 is 0 Å². The van der Waals surface area contributed by atoms with E-state index in [4.69, 9.17) is 0 Å². The van der Waals surface area contributed by atoms with Gasteiger partial charge in [-0.25, -0.2) is 0 Å². The molecule has 1 aliphatic carbocycles. The predicted molar refractivity (Wildman–Crippen MR) is 121 cm³/mol. The van der Waals surface area contributed by atoms with Crippen molar-refractivity contribution in [3.8, 4) is 10.4 Å². The number of carbonyl (C=O) groups is 2. The third kappa shape index (κ3) is 3.78. The fourth-order valence-corrected chi connectivity index (χ4v) is 5.35. The largest absolute Gasteiger partial charge is 0.342 e. The van der Waals surface area contributed by atoms with E-state index in [1.54, 1.807) is 21.1 Å². The average molecular weight is 435 g/mol. The maximum atomic E-state index is 13.5. The molecule has 0 radical (unpaired) electrons. The molecule has 1 saturated heterocycles. The van der Waals surface area contributed by atoms with E-state index in [0.29, 0.717) is 25.2 Å². The van der Waals surface area contributed by atoms with Crippen molar-refractivity contribution in [3.05, 3.63) is 64.3 Å². The van der Waals surface area contributed by atoms with Crippen LogP contribution in [0.25, 0.3) is 10.4 Å². The third-order valence-electron chi connectivity index (χ3n) is 6.42. The second-order valence-corrected chi connectivity index (χ2v) is 9.34. The van der Waals surface area contributed by atoms with Gasteiger partial charge in [0.1, 0.15) is 6.04 Å². The van der Waals surface area contributed by atoms with E-state index in [1.165, 1.54) is 10.4 Å². The molecule has 2 amide bonds. The standard InChI is InChI=1S/C24H26N4O2S/c1-27-12-13-28(24(30)22-18-5-2-3-6-19(18)25-26-22)20(23(27)29)15-16-8-10-17(11-9-16)21-7-4-14-31-21/h4,7-11,14,20H,2-3,5-6,12-13,15H2,1H3,(H,25,26). The van der Waals surface area contributed by atoms with Gasteiger partial charge < -0.3 is 9.80 Å². The van der Waals surface area contributed by atoms with Gasteiger partial charge in [-0.2, -0.15) is 5.10 Å². The number of H-pyrrole nitrogens is 1. The number of aromatic amines is 1. The Labute approximate surface area is 185 Å². The number of amides is 2. The van der Waals surface area contributed by atoms with Crippen LogP contribution in [0.2, 0.25) is 0 Å². The first-order valence-corrected chi connectivity index (χ1v) is 11.7. The Morgan fingerprint density at radius 2 is 1.97 bits per heavy atom. The molecule has 1 N–H and O–H groups in total. The smallest absolute Gasteiger partial charge is 0.275 e. The van der Waals surface area contributed by atoms with E-state index in [2.05, 4.69) is 45.9 Å². The summed E-state index contributed by atoms with van der Waals surface area (Å²) in [5.74, 6) is -0.132. The highest BCUT2D eigenvalue weighted by Crippen LogP contribution is 2.27. The van der Waals surface area contributed by atoms with Gasteiger partial charge in [-0.3, -0.25) is 14.7 Å². The molecule has 1 aliphatic heterocycles. The van der Waals surface area contributed by atoms with E-state index in [9.17, 15) is 9.59 Å². The van der Waals surface area contributed by atoms with Crippen molar-refractivity contribution in [3.63, 3.8) is 0 Å². The molecule has 3 aromatic rings. The van der Waals surface area contributed by atoms with Gasteiger partial charge in [0.05, 0.1) is 0 Å². The zero-order valence-electron chi connectivity index (χ0n) is 17.6. The number of benzene rings is 1. The highest BCUT2D eigenvalue weighted by Gasteiger charge is 2.38. The summed E-state index contributed by atoms with van der Waals surface area (Å²) in [6.07, 6.45) is 4.53. The third-order valence-corrected chi connectivity index (χ3v) is 7.34. The molecule has 0 bridgehead atoms. The van der Waals surface area contributed by atoms with Gasteiger partial charge in [0.15, 0.2) is 5.69 Å². The first-order chi connectivity index (χ1) is 15.1. The first-order valence-electron chi connectivity index (χ1n) is 10.9. The fourth-order valence-electron chi connectivity index (χ4n) is 4.62. The SMILES string of the molecule is CN1CCN(C(=O)c2n[nH]c3c2CCCC3)C(Cc2ccc(-c3cccs3)cc2)C1=O. The van der Waals surface area contributed by atoms with Crippen molar-refractivity contribution >= 4 is 23.2 Å². The van der Waals surface area contributed by atoms with Crippen LogP contribution in [0.15, 0.2) is 41.8 Å². The molecule has 7 heteroatoms. The van der Waals surface area contributed by atoms with Crippen LogP contribution in [0.4, 0.5) is 0 Å². The van der Waals surface area contributed by atoms with E-state index in [1.807, 2.05) is 13.1 Å². The minimum atomic E-state index is -0.505. The molecule has 6 nitrogen and oxygen atoms in total. The van der Waals surface area contributed by atoms with E-state index in [-0.39, 0.29) is 11.8 Å². The first kappa shape index (κ1) is 20.0. The second-order valence-electron chi connectivity index (χ2n) is 8.39. The summed E-state index contributed by atoms with van der Waals surface area (Å²) in [6.45, 7) is 1.08. The molecule has 3 heterocycles. The van der Waals surface area contributed by atoms with Crippen LogP contribution in [0, 0.1) is 0 Å². The molecule has 2 aromatic heterocycles. The molecule has 5 rings (SSSR count). The Hall–Kier alpha value is -2.93. The summed E-state index contributed by atoms with van der Waals surface area (Å²) in [5.41, 5.74) is 4.85. The number of carbonyl (C=O) groups excluding carboxylic acids is 2. The number of nitrogens with zero attached hydrogens (tertiary/aromatic N) is 3. The van der Waals surface area contributed by atoms with Crippen LogP contribution in [-0.4, -0.2) is 58.0 Å². The lowest BCUT2D eigenvalue weighted by molar-refractivity contribution is -0.138. The van der Waals surface area contributed by atoms with Gasteiger partial charge in [0, 0.05) is 42.7 Å². The van der Waals surface area contributed by atoms with Crippen molar-refractivity contribution < 1.29 is 9.59 Å². The fraction of sp³-hybridized carbons (Fsp3) is 0.375. The van der Waals surface area contributed by atoms with Crippen LogP contribution in [-0.2, 0) is 24.1 Å². The molecule has 1 atom stereocenters. The zero-order valence-corrected chi connectivity index (χ0v) is 18.5. The molecular weight excluding hydrogens is 408 g/mol. The average Bonchev–Trinajstić information content (AvgIpc) is 3.47. The van der Waals surface area contributed by atoms with Crippen molar-refractivity contribution in [2.75, 3.05) is 20.1 Å². The van der Waals surface area contributed by atoms with Crippen LogP contribution in [0.1, 0.15) is 40.2 Å². The number of hydrogen-bond donors (Lipinski definition) is 1. The Bertz CT molecular complexity index is 1090. The zero-order chi connectivity index (χ0) is 21.4. The van der Waals surface area contributed by atoms with Gasteiger partial charge in [-0.15, -0.1) is 11.3 Å². The minimum absolute atomic E-state index is 0.00802. The summed E-state index contributed by atoms with van der Waals surface area (Å²) >= 11 is 1.71. The number of aromatic nitrogens is 2. The van der Waals surface area contributed by atoms with E-state index in [0.717, 1.165) is 42.5 Å². The van der Waals surface area contributed by atoms with Crippen molar-refractivity contribution in [2.24, 2.45) is 0 Å². The number of piperazine rings is 1. The molecular formula is C24H26N4O2S. The molecule has 1 unspecified atom stereocenters. The van der Waals surface area contributed by atoms with Gasteiger partial charge in [0.2, 0.25) is 5.91 Å². The van der Waals surface area contributed by atoms with Crippen molar-refractivity contribution in [2.45, 2.75) is 38.1 Å². The highest BCUT2D eigenvalue weighted by atomic mass is 32.1. The normalized spacial score (nSPS) is 18.9. The summed E-state index contributed by atoms with van der Waals surface area (Å²) in [7, 11) is 1.81. The Morgan fingerprint density at radius 1 is 1.16 bits per heavy atom. The van der Waals surface area contributed by atoms with Gasteiger partial charge in [-0.05, 0) is 48.3 Å². The number of hydrogen-bond acceptors (Lipinski definition) is 4. The quantitative estimate of drug-likeness (QED) is 0.683. The summed E-state index contributed by atoms with van der Waals surface area (Å²) in [5, 5.41) is 9.48. The van der Waals surface area contributed by atoms with Crippen molar-refractivity contribution in [1.82, 2.24) is 20.0 Å². The number of rotatable bonds is 4. The Balaban J connectivity index is 1.40. The second kappa shape index (κ2) is 8.30. The summed E-state index contributed by atoms with van der Waals surface area (Å²) in [6, 6.07) is 12.0. The lowest BCUT2D eigenvalue weighted by Gasteiger charge is -2.39. The Morgan fingerprint density at radius 3 is 2.74 bits per heavy atom. The monoisotopic (exact) mass is 434 g/mol. The maximum absolute atomic E-state index is 13.5. The van der Waals surface area contributed by atoms with E-state index >= 15 is 0 Å². The lowest BCUT2D eigenvalue weighted by Crippen LogP contribution is -2.58. The number of fused-ring (bicyclic) bond motifs is 1. The maximum Gasteiger partial charge on any atom is 0.275 e. The van der Waals surface area contributed by atoms with Gasteiger partial charge in [-0.1, -0.05) is 30.3 Å². The van der Waals surface area contributed by atoms with Crippen LogP contribution in [0.5, 0.6) is 0 Å². The molecule has 1 aromatic carbocycles. The highest BCUT2D eigenvalue weighted by molar-refractivity contribution is 7.13. The van der Waals surface area contributed by atoms with Gasteiger partial charge >= 0.3 is 0 Å². The number of thiophene rings is 1. The molecule has 31 heavy (non-hydrogen) atoms. The van der Waals surface area contributed by atoms with Crippen LogP contribution >= 0.6 is 11.3 Å². The number of nitrogens with one attached hydrogen (secondary N) is 1. The summed E-state index contributed by atoms with van der Waals surface area (Å²) in [4.78, 5) is 31.2. The number of aryl methyl sites for hydroxylation is 1. The molecule has 0 saturated carbocycles. The predicted octanol–water partition coefficient (Wildman–Crippen LogP) is 3.54. The Kier molecular flexibility index (Phi) is 5.36.